The first-order valence-corrected chi connectivity index (χ1v) is 10.4. The minimum absolute atomic E-state index is 0.113. The summed E-state index contributed by atoms with van der Waals surface area (Å²) in [6, 6.07) is 7.69. The number of nitrogens with zero attached hydrogens (tertiary/aromatic N) is 2. The Morgan fingerprint density at radius 1 is 1.38 bits per heavy atom. The second-order valence-corrected chi connectivity index (χ2v) is 9.35. The summed E-state index contributed by atoms with van der Waals surface area (Å²) in [6.07, 6.45) is 1.39. The quantitative estimate of drug-likeness (QED) is 0.779. The lowest BCUT2D eigenvalue weighted by molar-refractivity contribution is -0.120. The molecule has 1 N–H and O–H groups in total. The van der Waals surface area contributed by atoms with E-state index in [2.05, 4.69) is 12.2 Å². The van der Waals surface area contributed by atoms with Crippen LogP contribution in [0.25, 0.3) is 0 Å². The molecule has 1 aromatic carbocycles. The number of piperidine rings is 1. The van der Waals surface area contributed by atoms with E-state index < -0.39 is 10.2 Å². The van der Waals surface area contributed by atoms with Gasteiger partial charge < -0.3 is 5.32 Å². The van der Waals surface area contributed by atoms with Crippen LogP contribution in [0.15, 0.2) is 29.2 Å². The predicted octanol–water partition coefficient (Wildman–Crippen LogP) is 2.26. The van der Waals surface area contributed by atoms with E-state index in [9.17, 15) is 13.2 Å². The molecular weight excluding hydrogens is 346 g/mol. The molecule has 1 aliphatic heterocycles. The van der Waals surface area contributed by atoms with Crippen molar-refractivity contribution in [2.45, 2.75) is 24.7 Å². The molecule has 1 atom stereocenters. The largest absolute Gasteiger partial charge is 0.325 e. The number of para-hydroxylation sites is 1. The van der Waals surface area contributed by atoms with E-state index in [0.717, 1.165) is 16.3 Å². The highest BCUT2D eigenvalue weighted by atomic mass is 32.2. The standard InChI is InChI=1S/C16H25N3O3S2/c1-4-23-15-10-6-5-9-14(15)17-16(20)13-8-7-11-19(12-13)24(21,22)18(2)3/h5-6,9-10,13H,4,7-8,11-12H2,1-3H3,(H,17,20)/t13-/m0/s1. The minimum atomic E-state index is -3.47. The van der Waals surface area contributed by atoms with Gasteiger partial charge in [-0.05, 0) is 30.7 Å². The minimum Gasteiger partial charge on any atom is -0.325 e. The van der Waals surface area contributed by atoms with Gasteiger partial charge in [0.2, 0.25) is 5.91 Å². The third-order valence-corrected chi connectivity index (χ3v) is 6.85. The third kappa shape index (κ3) is 4.50. The summed E-state index contributed by atoms with van der Waals surface area (Å²) in [5.41, 5.74) is 0.793. The number of anilines is 1. The number of hydrogen-bond acceptors (Lipinski definition) is 4. The molecule has 1 aromatic rings. The van der Waals surface area contributed by atoms with Gasteiger partial charge in [-0.1, -0.05) is 19.1 Å². The molecule has 0 saturated carbocycles. The van der Waals surface area contributed by atoms with Gasteiger partial charge in [-0.3, -0.25) is 4.79 Å². The summed E-state index contributed by atoms with van der Waals surface area (Å²) < 4.78 is 27.1. The maximum absolute atomic E-state index is 12.6. The summed E-state index contributed by atoms with van der Waals surface area (Å²) in [5, 5.41) is 2.97. The van der Waals surface area contributed by atoms with Crippen molar-refractivity contribution in [3.8, 4) is 0 Å². The van der Waals surface area contributed by atoms with Crippen LogP contribution in [0.1, 0.15) is 19.8 Å². The first kappa shape index (κ1) is 19.2. The van der Waals surface area contributed by atoms with Crippen LogP contribution >= 0.6 is 11.8 Å². The van der Waals surface area contributed by atoms with E-state index in [0.29, 0.717) is 19.4 Å². The van der Waals surface area contributed by atoms with Crippen molar-refractivity contribution < 1.29 is 13.2 Å². The number of benzene rings is 1. The molecular formula is C16H25N3O3S2. The molecule has 0 bridgehead atoms. The van der Waals surface area contributed by atoms with E-state index in [1.54, 1.807) is 11.8 Å². The molecule has 1 saturated heterocycles. The number of carbonyl (C=O) groups excluding carboxylic acids is 1. The van der Waals surface area contributed by atoms with Crippen molar-refractivity contribution in [2.75, 3.05) is 38.3 Å². The van der Waals surface area contributed by atoms with Crippen LogP contribution in [0.4, 0.5) is 5.69 Å². The highest BCUT2D eigenvalue weighted by Gasteiger charge is 2.33. The van der Waals surface area contributed by atoms with Crippen LogP contribution in [0, 0.1) is 5.92 Å². The maximum atomic E-state index is 12.6. The molecule has 6 nitrogen and oxygen atoms in total. The number of thioether (sulfide) groups is 1. The lowest BCUT2D eigenvalue weighted by Gasteiger charge is -2.32. The van der Waals surface area contributed by atoms with E-state index in [4.69, 9.17) is 0 Å². The first-order valence-electron chi connectivity index (χ1n) is 8.06. The van der Waals surface area contributed by atoms with Crippen LogP contribution in [0.5, 0.6) is 0 Å². The normalized spacial score (nSPS) is 19.4. The monoisotopic (exact) mass is 371 g/mol. The molecule has 134 valence electrons. The Morgan fingerprint density at radius 2 is 2.08 bits per heavy atom. The van der Waals surface area contributed by atoms with E-state index in [-0.39, 0.29) is 18.4 Å². The molecule has 2 rings (SSSR count). The fourth-order valence-electron chi connectivity index (χ4n) is 2.68. The summed E-state index contributed by atoms with van der Waals surface area (Å²) in [4.78, 5) is 13.6. The van der Waals surface area contributed by atoms with Gasteiger partial charge in [0.05, 0.1) is 11.6 Å². The van der Waals surface area contributed by atoms with Gasteiger partial charge in [0.25, 0.3) is 10.2 Å². The highest BCUT2D eigenvalue weighted by molar-refractivity contribution is 7.99. The Balaban J connectivity index is 2.08. The van der Waals surface area contributed by atoms with E-state index >= 15 is 0 Å². The zero-order valence-corrected chi connectivity index (χ0v) is 16.0. The van der Waals surface area contributed by atoms with Crippen LogP contribution in [-0.2, 0) is 15.0 Å². The van der Waals surface area contributed by atoms with E-state index in [1.165, 1.54) is 22.7 Å². The topological polar surface area (TPSA) is 69.7 Å². The zero-order valence-electron chi connectivity index (χ0n) is 14.4. The number of hydrogen-bond donors (Lipinski definition) is 1. The predicted molar refractivity (Wildman–Crippen MR) is 98.4 cm³/mol. The van der Waals surface area contributed by atoms with Crippen molar-refractivity contribution in [2.24, 2.45) is 5.92 Å². The van der Waals surface area contributed by atoms with Gasteiger partial charge in [-0.25, -0.2) is 0 Å². The number of amides is 1. The van der Waals surface area contributed by atoms with Crippen molar-refractivity contribution in [1.29, 1.82) is 0 Å². The third-order valence-electron chi connectivity index (χ3n) is 3.99. The second-order valence-electron chi connectivity index (χ2n) is 5.91. The second kappa shape index (κ2) is 8.33. The van der Waals surface area contributed by atoms with Gasteiger partial charge in [0, 0.05) is 32.1 Å². The number of rotatable bonds is 6. The van der Waals surface area contributed by atoms with Crippen LogP contribution in [0.2, 0.25) is 0 Å². The molecule has 24 heavy (non-hydrogen) atoms. The van der Waals surface area contributed by atoms with Gasteiger partial charge in [0.15, 0.2) is 0 Å². The van der Waals surface area contributed by atoms with Crippen molar-refractivity contribution in [3.63, 3.8) is 0 Å². The zero-order chi connectivity index (χ0) is 17.7. The van der Waals surface area contributed by atoms with Crippen LogP contribution in [-0.4, -0.2) is 55.9 Å². The fraction of sp³-hybridized carbons (Fsp3) is 0.562. The van der Waals surface area contributed by atoms with E-state index in [1.807, 2.05) is 24.3 Å². The summed E-state index contributed by atoms with van der Waals surface area (Å²) in [6.45, 7) is 2.76. The fourth-order valence-corrected chi connectivity index (χ4v) is 4.63. The van der Waals surface area contributed by atoms with Crippen molar-refractivity contribution >= 4 is 33.6 Å². The van der Waals surface area contributed by atoms with Crippen LogP contribution < -0.4 is 5.32 Å². The Morgan fingerprint density at radius 3 is 2.75 bits per heavy atom. The smallest absolute Gasteiger partial charge is 0.281 e. The highest BCUT2D eigenvalue weighted by Crippen LogP contribution is 2.28. The molecule has 0 aliphatic carbocycles. The molecule has 0 radical (unpaired) electrons. The summed E-state index contributed by atoms with van der Waals surface area (Å²) >= 11 is 1.67. The first-order chi connectivity index (χ1) is 11.4. The molecule has 1 aliphatic rings. The molecule has 1 fully saturated rings. The lowest BCUT2D eigenvalue weighted by atomic mass is 9.99. The molecule has 1 amide bonds. The molecule has 0 aromatic heterocycles. The van der Waals surface area contributed by atoms with Gasteiger partial charge in [-0.15, -0.1) is 11.8 Å². The maximum Gasteiger partial charge on any atom is 0.281 e. The summed E-state index contributed by atoms with van der Waals surface area (Å²) in [5.74, 6) is 0.483. The molecule has 0 spiro atoms. The average Bonchev–Trinajstić information content (AvgIpc) is 2.57. The Bertz CT molecular complexity index is 677. The van der Waals surface area contributed by atoms with Gasteiger partial charge >= 0.3 is 0 Å². The lowest BCUT2D eigenvalue weighted by Crippen LogP contribution is -2.47. The summed E-state index contributed by atoms with van der Waals surface area (Å²) in [7, 11) is -0.451. The Labute approximate surface area is 148 Å². The molecule has 0 unspecified atom stereocenters. The SMILES string of the molecule is CCSc1ccccc1NC(=O)[C@H]1CCCN(S(=O)(=O)N(C)C)C1. The Kier molecular flexibility index (Phi) is 6.68. The number of nitrogens with one attached hydrogen (secondary N) is 1. The Hall–Kier alpha value is -1.09. The average molecular weight is 372 g/mol. The van der Waals surface area contributed by atoms with Crippen molar-refractivity contribution in [3.05, 3.63) is 24.3 Å². The van der Waals surface area contributed by atoms with Gasteiger partial charge in [-0.2, -0.15) is 17.0 Å². The van der Waals surface area contributed by atoms with Crippen LogP contribution in [0.3, 0.4) is 0 Å². The van der Waals surface area contributed by atoms with Gasteiger partial charge in [0.1, 0.15) is 0 Å². The number of carbonyl (C=O) groups is 1. The molecule has 8 heteroatoms. The molecule has 1 heterocycles. The van der Waals surface area contributed by atoms with Crippen molar-refractivity contribution in [1.82, 2.24) is 8.61 Å².